The SMILES string of the molecule is OCc1csc(CNCc2ccccc2)n1. The van der Waals surface area contributed by atoms with Crippen LogP contribution in [0.3, 0.4) is 0 Å². The molecule has 0 aliphatic rings. The van der Waals surface area contributed by atoms with E-state index in [-0.39, 0.29) is 6.61 Å². The summed E-state index contributed by atoms with van der Waals surface area (Å²) in [5, 5.41) is 15.1. The molecule has 1 aromatic carbocycles. The van der Waals surface area contributed by atoms with E-state index >= 15 is 0 Å². The summed E-state index contributed by atoms with van der Waals surface area (Å²) in [4.78, 5) is 4.27. The number of rotatable bonds is 5. The van der Waals surface area contributed by atoms with Crippen LogP contribution in [-0.2, 0) is 19.7 Å². The highest BCUT2D eigenvalue weighted by molar-refractivity contribution is 7.09. The second-order valence-electron chi connectivity index (χ2n) is 3.48. The monoisotopic (exact) mass is 234 g/mol. The predicted molar refractivity (Wildman–Crippen MR) is 65.0 cm³/mol. The van der Waals surface area contributed by atoms with E-state index in [1.807, 2.05) is 23.6 Å². The Labute approximate surface area is 98.8 Å². The lowest BCUT2D eigenvalue weighted by Crippen LogP contribution is -2.12. The Kier molecular flexibility index (Phi) is 4.04. The van der Waals surface area contributed by atoms with Crippen LogP contribution in [0.15, 0.2) is 35.7 Å². The fraction of sp³-hybridized carbons (Fsp3) is 0.250. The van der Waals surface area contributed by atoms with Crippen LogP contribution in [0.4, 0.5) is 0 Å². The molecule has 0 unspecified atom stereocenters. The maximum Gasteiger partial charge on any atom is 0.107 e. The van der Waals surface area contributed by atoms with Gasteiger partial charge in [0.25, 0.3) is 0 Å². The summed E-state index contributed by atoms with van der Waals surface area (Å²) in [6, 6.07) is 10.3. The first-order valence-corrected chi connectivity index (χ1v) is 6.05. The van der Waals surface area contributed by atoms with Crippen LogP contribution >= 0.6 is 11.3 Å². The van der Waals surface area contributed by atoms with Crippen LogP contribution in [-0.4, -0.2) is 10.1 Å². The lowest BCUT2D eigenvalue weighted by Gasteiger charge is -2.01. The smallest absolute Gasteiger partial charge is 0.107 e. The molecule has 1 aromatic heterocycles. The number of nitrogens with one attached hydrogen (secondary N) is 1. The highest BCUT2D eigenvalue weighted by Gasteiger charge is 2.00. The quantitative estimate of drug-likeness (QED) is 0.831. The first kappa shape index (κ1) is 11.3. The molecule has 4 heteroatoms. The molecule has 0 saturated carbocycles. The number of nitrogens with zero attached hydrogens (tertiary/aromatic N) is 1. The van der Waals surface area contributed by atoms with Gasteiger partial charge in [0, 0.05) is 18.5 Å². The number of hydrogen-bond acceptors (Lipinski definition) is 4. The molecular formula is C12H14N2OS. The zero-order chi connectivity index (χ0) is 11.2. The van der Waals surface area contributed by atoms with Crippen LogP contribution in [0.2, 0.25) is 0 Å². The Morgan fingerprint density at radius 2 is 2.00 bits per heavy atom. The first-order valence-electron chi connectivity index (χ1n) is 5.17. The molecule has 16 heavy (non-hydrogen) atoms. The molecular weight excluding hydrogens is 220 g/mol. The summed E-state index contributed by atoms with van der Waals surface area (Å²) in [5.74, 6) is 0. The summed E-state index contributed by atoms with van der Waals surface area (Å²) < 4.78 is 0. The highest BCUT2D eigenvalue weighted by atomic mass is 32.1. The molecule has 0 amide bonds. The largest absolute Gasteiger partial charge is 0.390 e. The lowest BCUT2D eigenvalue weighted by molar-refractivity contribution is 0.277. The molecule has 0 radical (unpaired) electrons. The molecule has 0 spiro atoms. The molecule has 0 aliphatic carbocycles. The summed E-state index contributed by atoms with van der Waals surface area (Å²) in [5.41, 5.74) is 2.02. The van der Waals surface area contributed by atoms with Crippen LogP contribution < -0.4 is 5.32 Å². The molecule has 0 saturated heterocycles. The lowest BCUT2D eigenvalue weighted by atomic mass is 10.2. The van der Waals surface area contributed by atoms with Crippen molar-refractivity contribution in [2.24, 2.45) is 0 Å². The van der Waals surface area contributed by atoms with Crippen molar-refractivity contribution in [1.29, 1.82) is 0 Å². The number of aliphatic hydroxyl groups is 1. The maximum absolute atomic E-state index is 8.88. The Morgan fingerprint density at radius 1 is 1.19 bits per heavy atom. The van der Waals surface area contributed by atoms with E-state index in [9.17, 15) is 0 Å². The molecule has 0 atom stereocenters. The Morgan fingerprint density at radius 3 is 2.69 bits per heavy atom. The standard InChI is InChI=1S/C12H14N2OS/c15-8-11-9-16-12(14-11)7-13-6-10-4-2-1-3-5-10/h1-5,9,13,15H,6-8H2. The van der Waals surface area contributed by atoms with Crippen molar-refractivity contribution in [3.05, 3.63) is 52.0 Å². The number of benzene rings is 1. The first-order chi connectivity index (χ1) is 7.88. The minimum atomic E-state index is 0.0230. The van der Waals surface area contributed by atoms with Crippen LogP contribution in [0.1, 0.15) is 16.3 Å². The van der Waals surface area contributed by atoms with Gasteiger partial charge in [-0.3, -0.25) is 0 Å². The van der Waals surface area contributed by atoms with E-state index < -0.39 is 0 Å². The fourth-order valence-electron chi connectivity index (χ4n) is 1.41. The molecule has 1 heterocycles. The van der Waals surface area contributed by atoms with Crippen LogP contribution in [0.5, 0.6) is 0 Å². The average molecular weight is 234 g/mol. The van der Waals surface area contributed by atoms with Gasteiger partial charge in [-0.1, -0.05) is 30.3 Å². The number of aliphatic hydroxyl groups excluding tert-OH is 1. The summed E-state index contributed by atoms with van der Waals surface area (Å²) in [7, 11) is 0. The van der Waals surface area contributed by atoms with Crippen LogP contribution in [0, 0.1) is 0 Å². The van der Waals surface area contributed by atoms with Crippen LogP contribution in [0.25, 0.3) is 0 Å². The van der Waals surface area contributed by atoms with Gasteiger partial charge in [0.2, 0.25) is 0 Å². The van der Waals surface area contributed by atoms with E-state index in [4.69, 9.17) is 5.11 Å². The molecule has 0 fully saturated rings. The topological polar surface area (TPSA) is 45.1 Å². The number of aromatic nitrogens is 1. The Bertz CT molecular complexity index is 428. The molecule has 2 rings (SSSR count). The highest BCUT2D eigenvalue weighted by Crippen LogP contribution is 2.09. The van der Waals surface area contributed by atoms with Gasteiger partial charge >= 0.3 is 0 Å². The fourth-order valence-corrected chi connectivity index (χ4v) is 2.17. The van der Waals surface area contributed by atoms with E-state index in [0.717, 1.165) is 23.8 Å². The predicted octanol–water partition coefficient (Wildman–Crippen LogP) is 1.93. The number of hydrogen-bond donors (Lipinski definition) is 2. The van der Waals surface area contributed by atoms with Gasteiger partial charge in [-0.25, -0.2) is 4.98 Å². The third kappa shape index (κ3) is 3.13. The second-order valence-corrected chi connectivity index (χ2v) is 4.42. The van der Waals surface area contributed by atoms with Crippen molar-refractivity contribution in [2.75, 3.05) is 0 Å². The average Bonchev–Trinajstić information content (AvgIpc) is 2.78. The van der Waals surface area contributed by atoms with Crippen molar-refractivity contribution < 1.29 is 5.11 Å². The van der Waals surface area contributed by atoms with Gasteiger partial charge in [-0.05, 0) is 5.56 Å². The van der Waals surface area contributed by atoms with Crippen molar-refractivity contribution >= 4 is 11.3 Å². The van der Waals surface area contributed by atoms with Gasteiger partial charge in [-0.15, -0.1) is 11.3 Å². The maximum atomic E-state index is 8.88. The van der Waals surface area contributed by atoms with Crippen molar-refractivity contribution in [3.8, 4) is 0 Å². The molecule has 84 valence electrons. The molecule has 0 bridgehead atoms. The van der Waals surface area contributed by atoms with E-state index in [2.05, 4.69) is 22.4 Å². The Balaban J connectivity index is 1.80. The van der Waals surface area contributed by atoms with Crippen molar-refractivity contribution in [3.63, 3.8) is 0 Å². The summed E-state index contributed by atoms with van der Waals surface area (Å²) in [6.45, 7) is 1.61. The third-order valence-corrected chi connectivity index (χ3v) is 3.11. The molecule has 2 aromatic rings. The number of thiazole rings is 1. The molecule has 0 aliphatic heterocycles. The van der Waals surface area contributed by atoms with Crippen molar-refractivity contribution in [1.82, 2.24) is 10.3 Å². The van der Waals surface area contributed by atoms with Gasteiger partial charge < -0.3 is 10.4 Å². The molecule has 3 nitrogen and oxygen atoms in total. The van der Waals surface area contributed by atoms with Gasteiger partial charge in [0.05, 0.1) is 12.3 Å². The normalized spacial score (nSPS) is 10.6. The van der Waals surface area contributed by atoms with E-state index in [0.29, 0.717) is 0 Å². The zero-order valence-corrected chi connectivity index (χ0v) is 9.70. The Hall–Kier alpha value is -1.23. The van der Waals surface area contributed by atoms with Gasteiger partial charge in [0.15, 0.2) is 0 Å². The minimum absolute atomic E-state index is 0.0230. The van der Waals surface area contributed by atoms with E-state index in [1.165, 1.54) is 5.56 Å². The van der Waals surface area contributed by atoms with Crippen molar-refractivity contribution in [2.45, 2.75) is 19.7 Å². The third-order valence-electron chi connectivity index (χ3n) is 2.21. The van der Waals surface area contributed by atoms with E-state index in [1.54, 1.807) is 11.3 Å². The second kappa shape index (κ2) is 5.75. The summed E-state index contributed by atoms with van der Waals surface area (Å²) in [6.07, 6.45) is 0. The minimum Gasteiger partial charge on any atom is -0.390 e. The van der Waals surface area contributed by atoms with Gasteiger partial charge in [-0.2, -0.15) is 0 Å². The molecule has 2 N–H and O–H groups in total. The summed E-state index contributed by atoms with van der Waals surface area (Å²) >= 11 is 1.58. The zero-order valence-electron chi connectivity index (χ0n) is 8.89. The van der Waals surface area contributed by atoms with Gasteiger partial charge in [0.1, 0.15) is 5.01 Å².